The fraction of sp³-hybridized carbons (Fsp3) is 1.00. The number of alkyl halides is 1. The van der Waals surface area contributed by atoms with Crippen LogP contribution in [0.4, 0.5) is 0 Å². The third-order valence-electron chi connectivity index (χ3n) is 3.82. The number of ether oxygens (including phenoxy) is 1. The molecule has 0 atom stereocenters. The zero-order valence-corrected chi connectivity index (χ0v) is 12.8. The van der Waals surface area contributed by atoms with Crippen molar-refractivity contribution >= 4 is 15.9 Å². The first-order chi connectivity index (χ1) is 8.43. The van der Waals surface area contributed by atoms with Gasteiger partial charge in [-0.15, -0.1) is 0 Å². The van der Waals surface area contributed by atoms with Crippen LogP contribution in [0.2, 0.25) is 0 Å². The van der Waals surface area contributed by atoms with E-state index in [9.17, 15) is 0 Å². The molecule has 0 heterocycles. The topological polar surface area (TPSA) is 9.23 Å². The Morgan fingerprint density at radius 3 is 2.06 bits per heavy atom. The molecule has 17 heavy (non-hydrogen) atoms. The summed E-state index contributed by atoms with van der Waals surface area (Å²) in [5.41, 5.74) is 0. The van der Waals surface area contributed by atoms with E-state index in [0.29, 0.717) is 0 Å². The number of halogens is 1. The van der Waals surface area contributed by atoms with Gasteiger partial charge in [0, 0.05) is 18.5 Å². The van der Waals surface area contributed by atoms with Gasteiger partial charge in [-0.2, -0.15) is 0 Å². The van der Waals surface area contributed by atoms with Crippen molar-refractivity contribution in [1.82, 2.24) is 0 Å². The maximum Gasteiger partial charge on any atom is 0.0468 e. The lowest BCUT2D eigenvalue weighted by atomic mass is 9.83. The van der Waals surface area contributed by atoms with Gasteiger partial charge in [-0.25, -0.2) is 0 Å². The van der Waals surface area contributed by atoms with Crippen LogP contribution in [0.5, 0.6) is 0 Å². The molecule has 1 fully saturated rings. The molecule has 0 N–H and O–H groups in total. The van der Waals surface area contributed by atoms with Gasteiger partial charge in [0.15, 0.2) is 0 Å². The van der Waals surface area contributed by atoms with Crippen LogP contribution >= 0.6 is 15.9 Å². The van der Waals surface area contributed by atoms with E-state index in [4.69, 9.17) is 4.74 Å². The summed E-state index contributed by atoms with van der Waals surface area (Å²) >= 11 is 3.47. The second-order valence-electron chi connectivity index (χ2n) is 5.36. The average Bonchev–Trinajstić information content (AvgIpc) is 2.28. The van der Waals surface area contributed by atoms with Crippen LogP contribution in [-0.4, -0.2) is 18.5 Å². The van der Waals surface area contributed by atoms with Crippen molar-refractivity contribution in [2.45, 2.75) is 70.6 Å². The Labute approximate surface area is 116 Å². The highest BCUT2D eigenvalue weighted by molar-refractivity contribution is 9.09. The van der Waals surface area contributed by atoms with Gasteiger partial charge in [-0.3, -0.25) is 0 Å². The lowest BCUT2D eigenvalue weighted by Crippen LogP contribution is -2.13. The fourth-order valence-electron chi connectivity index (χ4n) is 2.32. The molecule has 0 spiro atoms. The molecule has 1 aliphatic rings. The minimum absolute atomic E-state index is 0.994. The Bertz CT molecular complexity index is 157. The molecule has 1 rings (SSSR count). The Balaban J connectivity index is 1.64. The average molecular weight is 305 g/mol. The highest BCUT2D eigenvalue weighted by atomic mass is 79.9. The first-order valence-corrected chi connectivity index (χ1v) is 8.69. The number of rotatable bonds is 12. The molecule has 0 saturated heterocycles. The molecule has 0 aromatic heterocycles. The minimum Gasteiger partial charge on any atom is -0.381 e. The van der Waals surface area contributed by atoms with Crippen LogP contribution in [0, 0.1) is 5.92 Å². The molecule has 0 bridgehead atoms. The van der Waals surface area contributed by atoms with E-state index >= 15 is 0 Å². The van der Waals surface area contributed by atoms with Crippen LogP contribution in [-0.2, 0) is 4.74 Å². The Hall–Kier alpha value is 0.440. The zero-order valence-electron chi connectivity index (χ0n) is 11.3. The van der Waals surface area contributed by atoms with E-state index in [0.717, 1.165) is 19.1 Å². The van der Waals surface area contributed by atoms with Crippen molar-refractivity contribution < 1.29 is 4.74 Å². The van der Waals surface area contributed by atoms with Crippen molar-refractivity contribution in [2.24, 2.45) is 5.92 Å². The molecular formula is C15H29BrO. The van der Waals surface area contributed by atoms with E-state index in [1.54, 1.807) is 0 Å². The highest BCUT2D eigenvalue weighted by Crippen LogP contribution is 2.29. The molecular weight excluding hydrogens is 276 g/mol. The van der Waals surface area contributed by atoms with Gasteiger partial charge in [0.05, 0.1) is 0 Å². The number of unbranched alkanes of at least 4 members (excludes halogenated alkanes) is 6. The molecule has 0 aliphatic heterocycles. The van der Waals surface area contributed by atoms with E-state index in [1.807, 2.05) is 0 Å². The summed E-state index contributed by atoms with van der Waals surface area (Å²) in [5.74, 6) is 1.00. The largest absolute Gasteiger partial charge is 0.381 e. The van der Waals surface area contributed by atoms with E-state index in [1.165, 1.54) is 76.0 Å². The Morgan fingerprint density at radius 1 is 0.824 bits per heavy atom. The molecule has 1 saturated carbocycles. The normalized spacial score (nSPS) is 16.1. The van der Waals surface area contributed by atoms with E-state index < -0.39 is 0 Å². The standard InChI is InChI=1S/C15H29BrO/c16-12-6-4-2-1-3-5-7-13-17-14-11-15-9-8-10-15/h15H,1-14H2. The molecule has 1 aliphatic carbocycles. The van der Waals surface area contributed by atoms with Gasteiger partial charge in [-0.1, -0.05) is 67.3 Å². The predicted molar refractivity (Wildman–Crippen MR) is 78.9 cm³/mol. The van der Waals surface area contributed by atoms with Crippen LogP contribution in [0.15, 0.2) is 0 Å². The van der Waals surface area contributed by atoms with Crippen LogP contribution in [0.25, 0.3) is 0 Å². The fourth-order valence-corrected chi connectivity index (χ4v) is 2.71. The monoisotopic (exact) mass is 304 g/mol. The van der Waals surface area contributed by atoms with Gasteiger partial charge < -0.3 is 4.74 Å². The smallest absolute Gasteiger partial charge is 0.0468 e. The third-order valence-corrected chi connectivity index (χ3v) is 4.38. The maximum absolute atomic E-state index is 5.68. The summed E-state index contributed by atoms with van der Waals surface area (Å²) in [5, 5.41) is 1.17. The van der Waals surface area contributed by atoms with Crippen molar-refractivity contribution in [3.8, 4) is 0 Å². The second-order valence-corrected chi connectivity index (χ2v) is 6.15. The molecule has 0 amide bonds. The molecule has 2 heteroatoms. The number of hydrogen-bond donors (Lipinski definition) is 0. The van der Waals surface area contributed by atoms with Gasteiger partial charge in [0.25, 0.3) is 0 Å². The van der Waals surface area contributed by atoms with Crippen LogP contribution in [0.1, 0.15) is 70.6 Å². The van der Waals surface area contributed by atoms with Gasteiger partial charge in [0.2, 0.25) is 0 Å². The first kappa shape index (κ1) is 15.5. The summed E-state index contributed by atoms with van der Waals surface area (Å²) in [6, 6.07) is 0. The summed E-state index contributed by atoms with van der Waals surface area (Å²) < 4.78 is 5.68. The lowest BCUT2D eigenvalue weighted by Gasteiger charge is -2.24. The van der Waals surface area contributed by atoms with Crippen molar-refractivity contribution in [3.05, 3.63) is 0 Å². The number of hydrogen-bond acceptors (Lipinski definition) is 1. The van der Waals surface area contributed by atoms with Crippen molar-refractivity contribution in [1.29, 1.82) is 0 Å². The SMILES string of the molecule is BrCCCCCCCCCOCCC1CCC1. The summed E-state index contributed by atoms with van der Waals surface area (Å²) in [6.07, 6.45) is 15.3. The summed E-state index contributed by atoms with van der Waals surface area (Å²) in [7, 11) is 0. The lowest BCUT2D eigenvalue weighted by molar-refractivity contribution is 0.103. The Kier molecular flexibility index (Phi) is 10.5. The van der Waals surface area contributed by atoms with Gasteiger partial charge in [0.1, 0.15) is 0 Å². The third kappa shape index (κ3) is 9.07. The summed E-state index contributed by atoms with van der Waals surface area (Å²) in [4.78, 5) is 0. The van der Waals surface area contributed by atoms with Crippen molar-refractivity contribution in [3.63, 3.8) is 0 Å². The Morgan fingerprint density at radius 2 is 1.47 bits per heavy atom. The van der Waals surface area contributed by atoms with Crippen molar-refractivity contribution in [2.75, 3.05) is 18.5 Å². The maximum atomic E-state index is 5.68. The summed E-state index contributed by atoms with van der Waals surface area (Å²) in [6.45, 7) is 2.00. The molecule has 0 radical (unpaired) electrons. The molecule has 0 aromatic carbocycles. The quantitative estimate of drug-likeness (QED) is 0.350. The predicted octanol–water partition coefficient (Wildman–Crippen LogP) is 5.32. The molecule has 1 nitrogen and oxygen atoms in total. The van der Waals surface area contributed by atoms with Gasteiger partial charge in [-0.05, 0) is 25.2 Å². The zero-order chi connectivity index (χ0) is 12.2. The van der Waals surface area contributed by atoms with Gasteiger partial charge >= 0.3 is 0 Å². The highest BCUT2D eigenvalue weighted by Gasteiger charge is 2.16. The molecule has 0 aromatic rings. The molecule has 0 unspecified atom stereocenters. The second kappa shape index (κ2) is 11.5. The minimum atomic E-state index is 0.994. The van der Waals surface area contributed by atoms with Crippen LogP contribution < -0.4 is 0 Å². The van der Waals surface area contributed by atoms with E-state index in [-0.39, 0.29) is 0 Å². The first-order valence-electron chi connectivity index (χ1n) is 7.57. The van der Waals surface area contributed by atoms with Crippen LogP contribution in [0.3, 0.4) is 0 Å². The molecule has 102 valence electrons. The van der Waals surface area contributed by atoms with E-state index in [2.05, 4.69) is 15.9 Å².